The van der Waals surface area contributed by atoms with Crippen molar-refractivity contribution in [2.24, 2.45) is 7.05 Å². The molecule has 0 spiro atoms. The number of hydrogen-bond donors (Lipinski definition) is 1. The Kier molecular flexibility index (Phi) is 5.46. The lowest BCUT2D eigenvalue weighted by molar-refractivity contribution is -0.119. The van der Waals surface area contributed by atoms with E-state index in [4.69, 9.17) is 0 Å². The van der Waals surface area contributed by atoms with E-state index in [1.807, 2.05) is 80.2 Å². The van der Waals surface area contributed by atoms with Gasteiger partial charge < -0.3 is 14.8 Å². The average molecular weight is 456 g/mol. The Morgan fingerprint density at radius 2 is 1.70 bits per heavy atom. The van der Waals surface area contributed by atoms with Crippen molar-refractivity contribution in [1.82, 2.24) is 9.47 Å². The van der Waals surface area contributed by atoms with Crippen LogP contribution in [0.4, 0.5) is 5.69 Å². The number of rotatable bonds is 4. The fourth-order valence-corrected chi connectivity index (χ4v) is 5.33. The van der Waals surface area contributed by atoms with Crippen molar-refractivity contribution >= 4 is 40.2 Å². The lowest BCUT2D eigenvalue weighted by Gasteiger charge is -2.39. The highest BCUT2D eigenvalue weighted by molar-refractivity contribution is 7.98. The molecule has 1 aliphatic rings. The molecule has 2 atom stereocenters. The van der Waals surface area contributed by atoms with E-state index in [1.54, 1.807) is 23.7 Å². The number of hydrogen-bond acceptors (Lipinski definition) is 3. The van der Waals surface area contributed by atoms with Gasteiger partial charge in [0.15, 0.2) is 0 Å². The van der Waals surface area contributed by atoms with Crippen molar-refractivity contribution in [3.63, 3.8) is 0 Å². The van der Waals surface area contributed by atoms with Crippen LogP contribution in [-0.4, -0.2) is 34.6 Å². The molecule has 0 radical (unpaired) electrons. The number of likely N-dealkylation sites (N-methyl/N-ethyl adjacent to an activating group) is 1. The number of nitrogens with one attached hydrogen (secondary N) is 1. The zero-order valence-electron chi connectivity index (χ0n) is 18.8. The number of benzene rings is 3. The maximum Gasteiger partial charge on any atom is 0.254 e. The van der Waals surface area contributed by atoms with Crippen molar-refractivity contribution < 1.29 is 9.59 Å². The number of para-hydroxylation sites is 1. The minimum absolute atomic E-state index is 0.0723. The van der Waals surface area contributed by atoms with Gasteiger partial charge in [-0.1, -0.05) is 42.5 Å². The average Bonchev–Trinajstić information content (AvgIpc) is 3.17. The van der Waals surface area contributed by atoms with Gasteiger partial charge in [-0.2, -0.15) is 0 Å². The Labute approximate surface area is 197 Å². The van der Waals surface area contributed by atoms with E-state index in [9.17, 15) is 9.59 Å². The molecule has 2 amide bonds. The lowest BCUT2D eigenvalue weighted by Crippen LogP contribution is -2.44. The van der Waals surface area contributed by atoms with Gasteiger partial charge in [0.05, 0.1) is 12.0 Å². The predicted molar refractivity (Wildman–Crippen MR) is 134 cm³/mol. The normalized spacial score (nSPS) is 17.8. The van der Waals surface area contributed by atoms with E-state index in [0.29, 0.717) is 5.56 Å². The van der Waals surface area contributed by atoms with Gasteiger partial charge in [-0.15, -0.1) is 11.8 Å². The number of carbonyl (C=O) groups excluding carboxylic acids is 2. The quantitative estimate of drug-likeness (QED) is 0.417. The molecule has 0 aliphatic carbocycles. The van der Waals surface area contributed by atoms with Gasteiger partial charge in [-0.25, -0.2) is 0 Å². The van der Waals surface area contributed by atoms with Gasteiger partial charge in [-0.3, -0.25) is 9.59 Å². The van der Waals surface area contributed by atoms with Crippen LogP contribution in [0.25, 0.3) is 10.9 Å². The molecule has 4 aromatic rings. The third kappa shape index (κ3) is 3.60. The Bertz CT molecular complexity index is 1380. The van der Waals surface area contributed by atoms with Crippen LogP contribution in [0.3, 0.4) is 0 Å². The van der Waals surface area contributed by atoms with E-state index in [0.717, 1.165) is 32.6 Å². The second-order valence-corrected chi connectivity index (χ2v) is 9.24. The van der Waals surface area contributed by atoms with Crippen molar-refractivity contribution in [3.05, 3.63) is 95.7 Å². The van der Waals surface area contributed by atoms with Crippen LogP contribution in [0.2, 0.25) is 0 Å². The monoisotopic (exact) mass is 455 g/mol. The highest BCUT2D eigenvalue weighted by Gasteiger charge is 2.43. The Balaban J connectivity index is 1.66. The summed E-state index contributed by atoms with van der Waals surface area (Å²) in [4.78, 5) is 30.0. The molecule has 0 saturated heterocycles. The van der Waals surface area contributed by atoms with Gasteiger partial charge in [0, 0.05) is 52.9 Å². The number of aryl methyl sites for hydroxylation is 1. The number of anilines is 1. The van der Waals surface area contributed by atoms with Crippen molar-refractivity contribution in [3.8, 4) is 0 Å². The van der Waals surface area contributed by atoms with Crippen LogP contribution in [0.5, 0.6) is 0 Å². The first-order valence-electron chi connectivity index (χ1n) is 10.8. The summed E-state index contributed by atoms with van der Waals surface area (Å²) >= 11 is 1.63. The molecular formula is C27H25N3O2S. The Hall–Kier alpha value is -3.51. The highest BCUT2D eigenvalue weighted by atomic mass is 32.2. The van der Waals surface area contributed by atoms with E-state index in [1.165, 1.54) is 0 Å². The molecule has 166 valence electrons. The molecule has 3 aromatic carbocycles. The summed E-state index contributed by atoms with van der Waals surface area (Å²) in [6, 6.07) is 23.0. The SMILES string of the molecule is CSc1cccc(NC(=O)[C@@H]2c3ccccc3C(=O)N(C)[C@@H]2c2cn(C)c3ccccc23)c1. The first kappa shape index (κ1) is 21.3. The second kappa shape index (κ2) is 8.45. The third-order valence-corrected chi connectivity index (χ3v) is 7.17. The van der Waals surface area contributed by atoms with Crippen LogP contribution in [0.1, 0.15) is 33.4 Å². The molecule has 5 nitrogen and oxygen atoms in total. The summed E-state index contributed by atoms with van der Waals surface area (Å²) in [6.45, 7) is 0. The Morgan fingerprint density at radius 1 is 0.939 bits per heavy atom. The first-order valence-corrected chi connectivity index (χ1v) is 12.1. The van der Waals surface area contributed by atoms with E-state index in [-0.39, 0.29) is 11.8 Å². The zero-order valence-corrected chi connectivity index (χ0v) is 19.6. The first-order chi connectivity index (χ1) is 16.0. The van der Waals surface area contributed by atoms with Crippen LogP contribution in [0, 0.1) is 0 Å². The topological polar surface area (TPSA) is 54.3 Å². The number of nitrogens with zero attached hydrogens (tertiary/aromatic N) is 2. The smallest absolute Gasteiger partial charge is 0.254 e. The summed E-state index contributed by atoms with van der Waals surface area (Å²) < 4.78 is 2.06. The van der Waals surface area contributed by atoms with Crippen molar-refractivity contribution in [1.29, 1.82) is 0 Å². The van der Waals surface area contributed by atoms with Gasteiger partial charge >= 0.3 is 0 Å². The summed E-state index contributed by atoms with van der Waals surface area (Å²) in [7, 11) is 3.78. The zero-order chi connectivity index (χ0) is 23.1. The number of carbonyl (C=O) groups is 2. The van der Waals surface area contributed by atoms with Gasteiger partial charge in [-0.05, 0) is 42.2 Å². The predicted octanol–water partition coefficient (Wildman–Crippen LogP) is 5.45. The Morgan fingerprint density at radius 3 is 2.52 bits per heavy atom. The maximum atomic E-state index is 13.8. The number of aromatic nitrogens is 1. The molecule has 1 aliphatic heterocycles. The molecule has 0 fully saturated rings. The maximum absolute atomic E-state index is 13.8. The van der Waals surface area contributed by atoms with Crippen LogP contribution < -0.4 is 5.32 Å². The number of thioether (sulfide) groups is 1. The number of amides is 2. The second-order valence-electron chi connectivity index (χ2n) is 8.36. The van der Waals surface area contributed by atoms with Gasteiger partial charge in [0.2, 0.25) is 5.91 Å². The van der Waals surface area contributed by atoms with E-state index in [2.05, 4.69) is 22.0 Å². The molecule has 2 heterocycles. The molecular weight excluding hydrogens is 430 g/mol. The fourth-order valence-electron chi connectivity index (χ4n) is 4.88. The van der Waals surface area contributed by atoms with E-state index < -0.39 is 12.0 Å². The van der Waals surface area contributed by atoms with Crippen LogP contribution in [-0.2, 0) is 11.8 Å². The molecule has 6 heteroatoms. The largest absolute Gasteiger partial charge is 0.350 e. The lowest BCUT2D eigenvalue weighted by atomic mass is 9.79. The molecule has 5 rings (SSSR count). The summed E-state index contributed by atoms with van der Waals surface area (Å²) in [5, 5.41) is 4.17. The molecule has 0 bridgehead atoms. The molecule has 0 unspecified atom stereocenters. The van der Waals surface area contributed by atoms with Crippen LogP contribution >= 0.6 is 11.8 Å². The summed E-state index contributed by atoms with van der Waals surface area (Å²) in [5.74, 6) is -0.748. The standard InChI is InChI=1S/C27H25N3O2S/c1-29-16-22(19-11-6-7-14-23(19)29)25-24(20-12-4-5-13-21(20)27(32)30(25)2)26(31)28-17-9-8-10-18(15-17)33-3/h4-16,24-25H,1-3H3,(H,28,31)/t24-,25-/m1/s1. The molecule has 0 saturated carbocycles. The third-order valence-electron chi connectivity index (χ3n) is 6.45. The summed E-state index contributed by atoms with van der Waals surface area (Å²) in [6.07, 6.45) is 4.05. The molecule has 33 heavy (non-hydrogen) atoms. The number of fused-ring (bicyclic) bond motifs is 2. The van der Waals surface area contributed by atoms with Crippen molar-refractivity contribution in [2.45, 2.75) is 16.9 Å². The van der Waals surface area contributed by atoms with Crippen LogP contribution in [0.15, 0.2) is 83.9 Å². The van der Waals surface area contributed by atoms with Gasteiger partial charge in [0.1, 0.15) is 0 Å². The molecule has 1 N–H and O–H groups in total. The highest BCUT2D eigenvalue weighted by Crippen LogP contribution is 2.44. The van der Waals surface area contributed by atoms with Gasteiger partial charge in [0.25, 0.3) is 5.91 Å². The van der Waals surface area contributed by atoms with Crippen molar-refractivity contribution in [2.75, 3.05) is 18.6 Å². The summed E-state index contributed by atoms with van der Waals surface area (Å²) in [5.41, 5.74) is 4.13. The van der Waals surface area contributed by atoms with E-state index >= 15 is 0 Å². The minimum atomic E-state index is -0.548. The molecule has 1 aromatic heterocycles. The fraction of sp³-hybridized carbons (Fsp3) is 0.185. The minimum Gasteiger partial charge on any atom is -0.350 e.